The molecule has 1 amide bonds. The fourth-order valence-corrected chi connectivity index (χ4v) is 2.20. The van der Waals surface area contributed by atoms with E-state index in [0.29, 0.717) is 13.2 Å². The van der Waals surface area contributed by atoms with Crippen LogP contribution in [0.2, 0.25) is 0 Å². The van der Waals surface area contributed by atoms with Crippen molar-refractivity contribution in [2.75, 3.05) is 19.8 Å². The predicted octanol–water partition coefficient (Wildman–Crippen LogP) is 1.05. The zero-order valence-corrected chi connectivity index (χ0v) is 10.4. The van der Waals surface area contributed by atoms with Crippen molar-refractivity contribution in [2.24, 2.45) is 11.1 Å². The summed E-state index contributed by atoms with van der Waals surface area (Å²) in [6.45, 7) is 6.07. The van der Waals surface area contributed by atoms with Gasteiger partial charge in [-0.3, -0.25) is 4.79 Å². The Morgan fingerprint density at radius 1 is 1.62 bits per heavy atom. The number of nitrogens with two attached hydrogens (primary N) is 1. The number of carbonyl (C=O) groups excluding carboxylic acids is 1. The summed E-state index contributed by atoms with van der Waals surface area (Å²) in [5, 5.41) is 2.96. The van der Waals surface area contributed by atoms with Crippen molar-refractivity contribution in [1.29, 1.82) is 0 Å². The van der Waals surface area contributed by atoms with E-state index in [2.05, 4.69) is 5.32 Å². The van der Waals surface area contributed by atoms with Crippen LogP contribution in [0.3, 0.4) is 0 Å². The molecule has 94 valence electrons. The third kappa shape index (κ3) is 3.19. The molecular formula is C12H24N2O2. The lowest BCUT2D eigenvalue weighted by atomic mass is 9.84. The van der Waals surface area contributed by atoms with Gasteiger partial charge in [0.2, 0.25) is 5.91 Å². The number of carbonyl (C=O) groups is 1. The van der Waals surface area contributed by atoms with Gasteiger partial charge in [-0.25, -0.2) is 0 Å². The molecule has 1 rings (SSSR count). The van der Waals surface area contributed by atoms with Crippen molar-refractivity contribution in [3.8, 4) is 0 Å². The molecule has 0 radical (unpaired) electrons. The first kappa shape index (κ1) is 13.5. The van der Waals surface area contributed by atoms with Gasteiger partial charge in [0.25, 0.3) is 0 Å². The third-order valence-corrected chi connectivity index (χ3v) is 3.50. The molecule has 2 unspecified atom stereocenters. The molecule has 0 saturated heterocycles. The van der Waals surface area contributed by atoms with Gasteiger partial charge >= 0.3 is 0 Å². The van der Waals surface area contributed by atoms with Gasteiger partial charge in [0.05, 0.1) is 5.41 Å². The first-order chi connectivity index (χ1) is 7.61. The number of hydrogen-bond acceptors (Lipinski definition) is 3. The molecule has 0 aromatic carbocycles. The molecule has 3 N–H and O–H groups in total. The number of amides is 1. The molecule has 1 fully saturated rings. The second kappa shape index (κ2) is 6.21. The van der Waals surface area contributed by atoms with Crippen LogP contribution in [0.15, 0.2) is 0 Å². The van der Waals surface area contributed by atoms with Crippen LogP contribution in [-0.4, -0.2) is 31.7 Å². The van der Waals surface area contributed by atoms with Crippen LogP contribution in [-0.2, 0) is 9.53 Å². The third-order valence-electron chi connectivity index (χ3n) is 3.50. The standard InChI is InChI=1S/C12H24N2O2/c1-3-16-9-5-8-14-11(15)12(2)7-4-6-10(12)13/h10H,3-9,13H2,1-2H3,(H,14,15). The Morgan fingerprint density at radius 3 is 2.94 bits per heavy atom. The summed E-state index contributed by atoms with van der Waals surface area (Å²) in [4.78, 5) is 12.0. The highest BCUT2D eigenvalue weighted by molar-refractivity contribution is 5.83. The topological polar surface area (TPSA) is 64.3 Å². The second-order valence-electron chi connectivity index (χ2n) is 4.72. The Labute approximate surface area is 97.9 Å². The van der Waals surface area contributed by atoms with Gasteiger partial charge in [-0.15, -0.1) is 0 Å². The quantitative estimate of drug-likeness (QED) is 0.668. The molecule has 1 aliphatic carbocycles. The lowest BCUT2D eigenvalue weighted by molar-refractivity contribution is -0.130. The summed E-state index contributed by atoms with van der Waals surface area (Å²) in [6.07, 6.45) is 3.79. The van der Waals surface area contributed by atoms with Crippen molar-refractivity contribution in [1.82, 2.24) is 5.32 Å². The van der Waals surface area contributed by atoms with Crippen LogP contribution >= 0.6 is 0 Å². The van der Waals surface area contributed by atoms with E-state index >= 15 is 0 Å². The normalized spacial score (nSPS) is 29.3. The van der Waals surface area contributed by atoms with Gasteiger partial charge in [-0.2, -0.15) is 0 Å². The monoisotopic (exact) mass is 228 g/mol. The molecule has 0 aliphatic heterocycles. The fraction of sp³-hybridized carbons (Fsp3) is 0.917. The van der Waals surface area contributed by atoms with Gasteiger partial charge in [0.15, 0.2) is 0 Å². The largest absolute Gasteiger partial charge is 0.382 e. The van der Waals surface area contributed by atoms with Gasteiger partial charge in [0, 0.05) is 25.8 Å². The van der Waals surface area contributed by atoms with E-state index in [9.17, 15) is 4.79 Å². The SMILES string of the molecule is CCOCCCNC(=O)C1(C)CCCC1N. The van der Waals surface area contributed by atoms with Gasteiger partial charge in [-0.05, 0) is 33.1 Å². The maximum atomic E-state index is 12.0. The van der Waals surface area contributed by atoms with Gasteiger partial charge in [0.1, 0.15) is 0 Å². The second-order valence-corrected chi connectivity index (χ2v) is 4.72. The highest BCUT2D eigenvalue weighted by Crippen LogP contribution is 2.36. The van der Waals surface area contributed by atoms with Crippen LogP contribution in [0.1, 0.15) is 39.5 Å². The van der Waals surface area contributed by atoms with Crippen molar-refractivity contribution in [3.63, 3.8) is 0 Å². The minimum atomic E-state index is -0.356. The number of rotatable bonds is 6. The molecule has 16 heavy (non-hydrogen) atoms. The highest BCUT2D eigenvalue weighted by Gasteiger charge is 2.42. The molecule has 0 bridgehead atoms. The van der Waals surface area contributed by atoms with Crippen LogP contribution in [0.5, 0.6) is 0 Å². The van der Waals surface area contributed by atoms with Gasteiger partial charge in [-0.1, -0.05) is 6.42 Å². The summed E-state index contributed by atoms with van der Waals surface area (Å²) < 4.78 is 5.21. The van der Waals surface area contributed by atoms with E-state index in [-0.39, 0.29) is 17.4 Å². The first-order valence-corrected chi connectivity index (χ1v) is 6.23. The molecule has 0 aromatic heterocycles. The fourth-order valence-electron chi connectivity index (χ4n) is 2.20. The van der Waals surface area contributed by atoms with Crippen LogP contribution in [0, 0.1) is 5.41 Å². The Hall–Kier alpha value is -0.610. The molecule has 2 atom stereocenters. The Morgan fingerprint density at radius 2 is 2.38 bits per heavy atom. The van der Waals surface area contributed by atoms with Crippen molar-refractivity contribution in [3.05, 3.63) is 0 Å². The lowest BCUT2D eigenvalue weighted by Crippen LogP contribution is -2.47. The van der Waals surface area contributed by atoms with E-state index in [4.69, 9.17) is 10.5 Å². The summed E-state index contributed by atoms with van der Waals surface area (Å²) >= 11 is 0. The summed E-state index contributed by atoms with van der Waals surface area (Å²) in [7, 11) is 0. The molecule has 4 nitrogen and oxygen atoms in total. The van der Waals surface area contributed by atoms with Crippen molar-refractivity contribution < 1.29 is 9.53 Å². The van der Waals surface area contributed by atoms with Crippen molar-refractivity contribution in [2.45, 2.75) is 45.6 Å². The molecule has 4 heteroatoms. The van der Waals surface area contributed by atoms with E-state index < -0.39 is 0 Å². The first-order valence-electron chi connectivity index (χ1n) is 6.23. The molecule has 1 saturated carbocycles. The Bertz CT molecular complexity index is 233. The van der Waals surface area contributed by atoms with Crippen molar-refractivity contribution >= 4 is 5.91 Å². The maximum absolute atomic E-state index is 12.0. The Kier molecular flexibility index (Phi) is 5.22. The number of nitrogens with one attached hydrogen (secondary N) is 1. The van der Waals surface area contributed by atoms with Crippen LogP contribution < -0.4 is 11.1 Å². The van der Waals surface area contributed by atoms with E-state index in [0.717, 1.165) is 32.3 Å². The smallest absolute Gasteiger partial charge is 0.227 e. The molecule has 0 heterocycles. The van der Waals surface area contributed by atoms with E-state index in [1.54, 1.807) is 0 Å². The molecular weight excluding hydrogens is 204 g/mol. The summed E-state index contributed by atoms with van der Waals surface area (Å²) in [5.74, 6) is 0.106. The predicted molar refractivity (Wildman–Crippen MR) is 64.1 cm³/mol. The Balaban J connectivity index is 2.24. The molecule has 0 aromatic rings. The minimum absolute atomic E-state index is 0.0133. The average Bonchev–Trinajstić information content (AvgIpc) is 2.60. The highest BCUT2D eigenvalue weighted by atomic mass is 16.5. The van der Waals surface area contributed by atoms with Crippen LogP contribution in [0.25, 0.3) is 0 Å². The zero-order valence-electron chi connectivity index (χ0n) is 10.4. The van der Waals surface area contributed by atoms with Gasteiger partial charge < -0.3 is 15.8 Å². The summed E-state index contributed by atoms with van der Waals surface area (Å²) in [6, 6.07) is 0.0133. The minimum Gasteiger partial charge on any atom is -0.382 e. The maximum Gasteiger partial charge on any atom is 0.227 e. The lowest BCUT2D eigenvalue weighted by Gasteiger charge is -2.27. The average molecular weight is 228 g/mol. The van der Waals surface area contributed by atoms with Crippen LogP contribution in [0.4, 0.5) is 0 Å². The zero-order chi connectivity index (χ0) is 12.0. The molecule has 1 aliphatic rings. The van der Waals surface area contributed by atoms with E-state index in [1.165, 1.54) is 0 Å². The number of hydrogen-bond donors (Lipinski definition) is 2. The summed E-state index contributed by atoms with van der Waals surface area (Å²) in [5.41, 5.74) is 5.63. The van der Waals surface area contributed by atoms with E-state index in [1.807, 2.05) is 13.8 Å². The number of ether oxygens (including phenoxy) is 1. The molecule has 0 spiro atoms.